The van der Waals surface area contributed by atoms with E-state index in [1.165, 1.54) is 6.07 Å². The van der Waals surface area contributed by atoms with Crippen molar-refractivity contribution in [3.63, 3.8) is 0 Å². The molecule has 0 heterocycles. The number of nitrogens with zero attached hydrogens (tertiary/aromatic N) is 2. The van der Waals surface area contributed by atoms with Crippen LogP contribution < -0.4 is 5.73 Å². The molecule has 0 aliphatic carbocycles. The van der Waals surface area contributed by atoms with Crippen molar-refractivity contribution < 1.29 is 10.7 Å². The van der Waals surface area contributed by atoms with Crippen molar-refractivity contribution in [2.24, 2.45) is 5.34 Å². The molecule has 0 aliphatic rings. The summed E-state index contributed by atoms with van der Waals surface area (Å²) in [4.78, 5) is 18.2. The monoisotopic (exact) mass is 235 g/mol. The minimum atomic E-state index is -0.408. The molecule has 7 heteroatoms. The summed E-state index contributed by atoms with van der Waals surface area (Å²) in [6, 6.07) is 10.7. The maximum atomic E-state index is 10.6. The second-order valence-corrected chi connectivity index (χ2v) is 3.12. The van der Waals surface area contributed by atoms with Gasteiger partial charge in [-0.25, -0.2) is 0 Å². The van der Waals surface area contributed by atoms with Crippen molar-refractivity contribution in [1.82, 2.24) is 0 Å². The number of hydrogen-bond acceptors (Lipinski definition) is 5. The lowest BCUT2D eigenvalue weighted by atomic mass is 10.1. The van der Waals surface area contributed by atoms with Crippen LogP contribution in [0.15, 0.2) is 41.7 Å². The van der Waals surface area contributed by atoms with Crippen molar-refractivity contribution in [1.29, 1.82) is 0 Å². The van der Waals surface area contributed by atoms with Gasteiger partial charge in [0.15, 0.2) is 0 Å². The van der Waals surface area contributed by atoms with Crippen LogP contribution in [0, 0.1) is 20.2 Å². The average molecular weight is 235 g/mol. The maximum Gasteiger partial charge on any atom is 0.329 e. The van der Waals surface area contributed by atoms with E-state index in [1.807, 2.05) is 24.3 Å². The summed E-state index contributed by atoms with van der Waals surface area (Å²) >= 11 is 0. The van der Waals surface area contributed by atoms with E-state index in [-0.39, 0.29) is 5.69 Å². The van der Waals surface area contributed by atoms with Gasteiger partial charge in [0.05, 0.1) is 4.92 Å². The molecule has 0 spiro atoms. The maximum absolute atomic E-state index is 10.6. The van der Waals surface area contributed by atoms with E-state index in [0.29, 0.717) is 5.69 Å². The van der Waals surface area contributed by atoms with Crippen LogP contribution in [0.25, 0.3) is 10.8 Å². The van der Waals surface area contributed by atoms with Crippen molar-refractivity contribution in [3.8, 4) is 0 Å². The Hall–Kier alpha value is -2.54. The van der Waals surface area contributed by atoms with E-state index in [2.05, 4.69) is 5.73 Å². The van der Waals surface area contributed by atoms with Crippen LogP contribution in [0.4, 0.5) is 11.4 Å². The minimum absolute atomic E-state index is 0.0729. The molecule has 0 saturated heterocycles. The van der Waals surface area contributed by atoms with Crippen LogP contribution >= 0.6 is 0 Å². The summed E-state index contributed by atoms with van der Waals surface area (Å²) in [5.41, 5.74) is 4.28. The third-order valence-corrected chi connectivity index (χ3v) is 2.21. The first kappa shape index (κ1) is 12.5. The molecule has 2 aromatic rings. The van der Waals surface area contributed by atoms with Crippen molar-refractivity contribution in [2.45, 2.75) is 0 Å². The van der Waals surface area contributed by atoms with Gasteiger partial charge < -0.3 is 15.8 Å². The molecule has 0 radical (unpaired) electrons. The molecule has 0 fully saturated rings. The average Bonchev–Trinajstić information content (AvgIpc) is 2.30. The third kappa shape index (κ3) is 2.73. The topological polar surface area (TPSA) is 123 Å². The Morgan fingerprint density at radius 3 is 2.35 bits per heavy atom. The number of fused-ring (bicyclic) bond motifs is 1. The van der Waals surface area contributed by atoms with Gasteiger partial charge in [-0.2, -0.15) is 0 Å². The second-order valence-electron chi connectivity index (χ2n) is 3.12. The molecule has 17 heavy (non-hydrogen) atoms. The highest BCUT2D eigenvalue weighted by Gasteiger charge is 2.16. The second kappa shape index (κ2) is 5.52. The fraction of sp³-hybridized carbons (Fsp3) is 0. The Balaban J connectivity index is 0.000000437. The highest BCUT2D eigenvalue weighted by atomic mass is 16.6. The number of nitro groups is 1. The highest BCUT2D eigenvalue weighted by Crippen LogP contribution is 2.28. The van der Waals surface area contributed by atoms with Gasteiger partial charge in [0, 0.05) is 11.5 Å². The van der Waals surface area contributed by atoms with E-state index >= 15 is 0 Å². The van der Waals surface area contributed by atoms with Crippen LogP contribution in [-0.2, 0) is 0 Å². The lowest BCUT2D eigenvalue weighted by Gasteiger charge is -1.98. The first-order chi connectivity index (χ1) is 8.11. The molecule has 7 nitrogen and oxygen atoms in total. The van der Waals surface area contributed by atoms with Crippen molar-refractivity contribution in [3.05, 3.63) is 56.6 Å². The molecule has 0 atom stereocenters. The predicted octanol–water partition coefficient (Wildman–Crippen LogP) is 1.87. The SMILES string of the molecule is O=N[O-].[NH3+]c1c([N+](=O)[O-])ccc2ccccc12. The number of benzene rings is 2. The Kier molecular flexibility index (Phi) is 4.07. The highest BCUT2D eigenvalue weighted by molar-refractivity contribution is 5.94. The summed E-state index contributed by atoms with van der Waals surface area (Å²) in [5.74, 6) is 0. The Morgan fingerprint density at radius 2 is 1.76 bits per heavy atom. The molecule has 88 valence electrons. The van der Waals surface area contributed by atoms with Gasteiger partial charge in [0.25, 0.3) is 0 Å². The van der Waals surface area contributed by atoms with Crippen LogP contribution in [0.2, 0.25) is 0 Å². The largest absolute Gasteiger partial charge is 0.444 e. The third-order valence-electron chi connectivity index (χ3n) is 2.21. The molecule has 2 rings (SSSR count). The summed E-state index contributed by atoms with van der Waals surface area (Å²) in [6.07, 6.45) is 0. The van der Waals surface area contributed by atoms with E-state index in [1.54, 1.807) is 6.07 Å². The van der Waals surface area contributed by atoms with Crippen LogP contribution in [-0.4, -0.2) is 4.92 Å². The zero-order valence-electron chi connectivity index (χ0n) is 8.70. The predicted molar refractivity (Wildman–Crippen MR) is 62.3 cm³/mol. The van der Waals surface area contributed by atoms with Gasteiger partial charge in [0.2, 0.25) is 5.69 Å². The van der Waals surface area contributed by atoms with E-state index in [0.717, 1.165) is 16.1 Å². The molecule has 0 bridgehead atoms. The molecule has 0 amide bonds. The zero-order valence-corrected chi connectivity index (χ0v) is 8.70. The number of nitro benzene ring substituents is 1. The van der Waals surface area contributed by atoms with Gasteiger partial charge in [-0.05, 0) is 17.5 Å². The van der Waals surface area contributed by atoms with Crippen LogP contribution in [0.5, 0.6) is 0 Å². The number of rotatable bonds is 1. The molecule has 3 N–H and O–H groups in total. The quantitative estimate of drug-likeness (QED) is 0.460. The Labute approximate surface area is 95.6 Å². The van der Waals surface area contributed by atoms with E-state index in [9.17, 15) is 10.1 Å². The first-order valence-electron chi connectivity index (χ1n) is 4.55. The molecule has 0 aliphatic heterocycles. The van der Waals surface area contributed by atoms with Crippen molar-refractivity contribution >= 4 is 22.1 Å². The Bertz CT molecular complexity index is 556. The number of quaternary nitrogens is 1. The smallest absolute Gasteiger partial charge is 0.329 e. The van der Waals surface area contributed by atoms with Crippen LogP contribution in [0.3, 0.4) is 0 Å². The lowest BCUT2D eigenvalue weighted by Crippen LogP contribution is -2.41. The van der Waals surface area contributed by atoms with E-state index in [4.69, 9.17) is 10.1 Å². The van der Waals surface area contributed by atoms with Gasteiger partial charge in [-0.15, -0.1) is 5.34 Å². The van der Waals surface area contributed by atoms with Gasteiger partial charge >= 0.3 is 5.69 Å². The molecule has 0 unspecified atom stereocenters. The fourth-order valence-electron chi connectivity index (χ4n) is 1.50. The summed E-state index contributed by atoms with van der Waals surface area (Å²) in [5, 5.41) is 21.4. The van der Waals surface area contributed by atoms with Gasteiger partial charge in [0.1, 0.15) is 0 Å². The molecular weight excluding hydrogens is 226 g/mol. The molecular formula is C10H9N3O4. The lowest BCUT2D eigenvalue weighted by molar-refractivity contribution is -0.395. The fourth-order valence-corrected chi connectivity index (χ4v) is 1.50. The summed E-state index contributed by atoms with van der Waals surface area (Å²) < 4.78 is 0. The van der Waals surface area contributed by atoms with Crippen molar-refractivity contribution in [2.75, 3.05) is 0 Å². The zero-order chi connectivity index (χ0) is 12.8. The molecule has 0 aromatic heterocycles. The normalized spacial score (nSPS) is 9.24. The first-order valence-corrected chi connectivity index (χ1v) is 4.55. The summed E-state index contributed by atoms with van der Waals surface area (Å²) in [7, 11) is 0. The number of hydrogen-bond donors (Lipinski definition) is 1. The van der Waals surface area contributed by atoms with Gasteiger partial charge in [-0.1, -0.05) is 18.2 Å². The standard InChI is InChI=1S/C10H8N2O2.HNO2/c11-10-8-4-2-1-3-7(8)5-6-9(10)12(13)14;2-1-3/h1-6H,11H2;(H,2,3). The Morgan fingerprint density at radius 1 is 1.18 bits per heavy atom. The van der Waals surface area contributed by atoms with E-state index < -0.39 is 4.92 Å². The minimum Gasteiger partial charge on any atom is -0.444 e. The summed E-state index contributed by atoms with van der Waals surface area (Å²) in [6.45, 7) is 0. The van der Waals surface area contributed by atoms with Gasteiger partial charge in [-0.3, -0.25) is 10.1 Å². The van der Waals surface area contributed by atoms with Crippen LogP contribution in [0.1, 0.15) is 0 Å². The molecule has 2 aromatic carbocycles. The molecule has 0 saturated carbocycles.